The van der Waals surface area contributed by atoms with Crippen molar-refractivity contribution >= 4 is 12.0 Å². The predicted octanol–water partition coefficient (Wildman–Crippen LogP) is 2.61. The van der Waals surface area contributed by atoms with E-state index in [0.29, 0.717) is 19.5 Å². The van der Waals surface area contributed by atoms with Crippen molar-refractivity contribution in [2.75, 3.05) is 27.3 Å². The van der Waals surface area contributed by atoms with Crippen LogP contribution in [-0.2, 0) is 16.0 Å². The van der Waals surface area contributed by atoms with Crippen molar-refractivity contribution in [3.63, 3.8) is 0 Å². The van der Waals surface area contributed by atoms with Gasteiger partial charge in [0.1, 0.15) is 5.75 Å². The fourth-order valence-corrected chi connectivity index (χ4v) is 3.26. The van der Waals surface area contributed by atoms with Crippen molar-refractivity contribution in [3.05, 3.63) is 29.8 Å². The number of carbonyl (C=O) groups is 2. The van der Waals surface area contributed by atoms with Gasteiger partial charge in [-0.1, -0.05) is 25.1 Å². The van der Waals surface area contributed by atoms with E-state index in [0.717, 1.165) is 30.6 Å². The van der Waals surface area contributed by atoms with Gasteiger partial charge in [-0.2, -0.15) is 0 Å². The highest BCUT2D eigenvalue weighted by Crippen LogP contribution is 2.22. The molecule has 1 heterocycles. The minimum Gasteiger partial charge on any atom is -0.496 e. The van der Waals surface area contributed by atoms with Crippen LogP contribution in [0, 0.1) is 5.92 Å². The first-order chi connectivity index (χ1) is 12.0. The number of hydrogen-bond donors (Lipinski definition) is 1. The van der Waals surface area contributed by atoms with Gasteiger partial charge in [-0.25, -0.2) is 4.79 Å². The predicted molar refractivity (Wildman–Crippen MR) is 95.6 cm³/mol. The summed E-state index contributed by atoms with van der Waals surface area (Å²) in [6.45, 7) is 3.31. The van der Waals surface area contributed by atoms with E-state index in [9.17, 15) is 9.59 Å². The molecule has 0 aliphatic carbocycles. The molecule has 0 bridgehead atoms. The van der Waals surface area contributed by atoms with Crippen LogP contribution < -0.4 is 10.1 Å². The third kappa shape index (κ3) is 5.66. The van der Waals surface area contributed by atoms with E-state index in [1.807, 2.05) is 24.3 Å². The Labute approximate surface area is 149 Å². The van der Waals surface area contributed by atoms with Crippen LogP contribution in [0.5, 0.6) is 5.75 Å². The molecular formula is C19H28N2O4. The molecule has 0 aromatic heterocycles. The van der Waals surface area contributed by atoms with Gasteiger partial charge in [0.25, 0.3) is 0 Å². The fraction of sp³-hybridized carbons (Fsp3) is 0.579. The number of benzene rings is 1. The molecule has 25 heavy (non-hydrogen) atoms. The molecule has 2 rings (SSSR count). The van der Waals surface area contributed by atoms with Crippen LogP contribution >= 0.6 is 0 Å². The summed E-state index contributed by atoms with van der Waals surface area (Å²) in [6, 6.07) is 8.04. The van der Waals surface area contributed by atoms with Crippen LogP contribution in [0.1, 0.15) is 31.7 Å². The highest BCUT2D eigenvalue weighted by atomic mass is 16.5. The molecule has 138 valence electrons. The van der Waals surface area contributed by atoms with Gasteiger partial charge in [0.2, 0.25) is 5.91 Å². The average molecular weight is 348 g/mol. The Balaban J connectivity index is 1.76. The number of carbonyl (C=O) groups excluding carboxylic acids is 2. The standard InChI is InChI=1S/C19H28N2O4/c1-14(12-15-6-4-5-7-17(15)24-2)13-18(22)20-16-8-10-21(11-9-16)19(23)25-3/h4-7,14,16H,8-13H2,1-3H3,(H,20,22)/t14-/m1/s1. The molecule has 0 saturated carbocycles. The van der Waals surface area contributed by atoms with E-state index in [1.165, 1.54) is 7.11 Å². The third-order valence-electron chi connectivity index (χ3n) is 4.59. The lowest BCUT2D eigenvalue weighted by atomic mass is 9.96. The molecule has 1 atom stereocenters. The number of likely N-dealkylation sites (tertiary alicyclic amines) is 1. The lowest BCUT2D eigenvalue weighted by molar-refractivity contribution is -0.122. The Morgan fingerprint density at radius 1 is 1.24 bits per heavy atom. The minimum absolute atomic E-state index is 0.0684. The molecule has 6 heteroatoms. The molecule has 1 aromatic carbocycles. The second kappa shape index (κ2) is 9.30. The summed E-state index contributed by atoms with van der Waals surface area (Å²) < 4.78 is 10.1. The average Bonchev–Trinajstić information content (AvgIpc) is 2.62. The van der Waals surface area contributed by atoms with Crippen LogP contribution in [0.25, 0.3) is 0 Å². The van der Waals surface area contributed by atoms with Crippen LogP contribution in [0.2, 0.25) is 0 Å². The first-order valence-electron chi connectivity index (χ1n) is 8.77. The third-order valence-corrected chi connectivity index (χ3v) is 4.59. The number of amides is 2. The van der Waals surface area contributed by atoms with Gasteiger partial charge in [0, 0.05) is 25.6 Å². The zero-order valence-electron chi connectivity index (χ0n) is 15.3. The van der Waals surface area contributed by atoms with Crippen LogP contribution in [0.15, 0.2) is 24.3 Å². The summed E-state index contributed by atoms with van der Waals surface area (Å²) in [4.78, 5) is 25.4. The second-order valence-corrected chi connectivity index (χ2v) is 6.62. The first-order valence-corrected chi connectivity index (χ1v) is 8.77. The Hall–Kier alpha value is -2.24. The van der Waals surface area contributed by atoms with Gasteiger partial charge < -0.3 is 19.7 Å². The Morgan fingerprint density at radius 3 is 2.56 bits per heavy atom. The second-order valence-electron chi connectivity index (χ2n) is 6.62. The highest BCUT2D eigenvalue weighted by Gasteiger charge is 2.24. The van der Waals surface area contributed by atoms with Gasteiger partial charge in [-0.05, 0) is 36.8 Å². The number of methoxy groups -OCH3 is 2. The van der Waals surface area contributed by atoms with Gasteiger partial charge in [-0.15, -0.1) is 0 Å². The molecular weight excluding hydrogens is 320 g/mol. The molecule has 2 amide bonds. The Bertz CT molecular complexity index is 583. The van der Waals surface area contributed by atoms with Crippen molar-refractivity contribution < 1.29 is 19.1 Å². The number of rotatable bonds is 6. The number of ether oxygens (including phenoxy) is 2. The number of nitrogens with one attached hydrogen (secondary N) is 1. The molecule has 0 unspecified atom stereocenters. The van der Waals surface area contributed by atoms with E-state index in [2.05, 4.69) is 12.2 Å². The van der Waals surface area contributed by atoms with Gasteiger partial charge >= 0.3 is 6.09 Å². The molecule has 1 aliphatic rings. The van der Waals surface area contributed by atoms with Crippen molar-refractivity contribution in [2.24, 2.45) is 5.92 Å². The first kappa shape index (κ1) is 19.1. The van der Waals surface area contributed by atoms with Gasteiger partial charge in [0.15, 0.2) is 0 Å². The molecule has 0 spiro atoms. The lowest BCUT2D eigenvalue weighted by Crippen LogP contribution is -2.46. The van der Waals surface area contributed by atoms with E-state index in [1.54, 1.807) is 12.0 Å². The maximum atomic E-state index is 12.3. The summed E-state index contributed by atoms with van der Waals surface area (Å²) in [6.07, 6.45) is 2.52. The maximum Gasteiger partial charge on any atom is 0.409 e. The number of para-hydroxylation sites is 1. The number of nitrogens with zero attached hydrogens (tertiary/aromatic N) is 1. The van der Waals surface area contributed by atoms with E-state index in [-0.39, 0.29) is 24.0 Å². The Kier molecular flexibility index (Phi) is 7.10. The molecule has 1 fully saturated rings. The molecule has 0 radical (unpaired) electrons. The minimum atomic E-state index is -0.296. The lowest BCUT2D eigenvalue weighted by Gasteiger charge is -2.31. The molecule has 1 aromatic rings. The Morgan fingerprint density at radius 2 is 1.92 bits per heavy atom. The highest BCUT2D eigenvalue weighted by molar-refractivity contribution is 5.76. The van der Waals surface area contributed by atoms with Crippen molar-refractivity contribution in [1.82, 2.24) is 10.2 Å². The van der Waals surface area contributed by atoms with E-state index >= 15 is 0 Å². The van der Waals surface area contributed by atoms with Crippen LogP contribution in [-0.4, -0.2) is 50.3 Å². The summed E-state index contributed by atoms with van der Waals surface area (Å²) >= 11 is 0. The van der Waals surface area contributed by atoms with Crippen molar-refractivity contribution in [3.8, 4) is 5.75 Å². The van der Waals surface area contributed by atoms with Gasteiger partial charge in [-0.3, -0.25) is 4.79 Å². The number of hydrogen-bond acceptors (Lipinski definition) is 4. The summed E-state index contributed by atoms with van der Waals surface area (Å²) in [5.41, 5.74) is 1.12. The molecule has 1 N–H and O–H groups in total. The smallest absolute Gasteiger partial charge is 0.409 e. The van der Waals surface area contributed by atoms with E-state index in [4.69, 9.17) is 9.47 Å². The van der Waals surface area contributed by atoms with E-state index < -0.39 is 0 Å². The maximum absolute atomic E-state index is 12.3. The zero-order valence-corrected chi connectivity index (χ0v) is 15.3. The number of piperidine rings is 1. The summed E-state index contributed by atoms with van der Waals surface area (Å²) in [5.74, 6) is 1.16. The molecule has 1 saturated heterocycles. The molecule has 6 nitrogen and oxygen atoms in total. The summed E-state index contributed by atoms with van der Waals surface area (Å²) in [5, 5.41) is 3.09. The van der Waals surface area contributed by atoms with Crippen LogP contribution in [0.4, 0.5) is 4.79 Å². The largest absolute Gasteiger partial charge is 0.496 e. The van der Waals surface area contributed by atoms with Crippen LogP contribution in [0.3, 0.4) is 0 Å². The monoisotopic (exact) mass is 348 g/mol. The van der Waals surface area contributed by atoms with Gasteiger partial charge in [0.05, 0.1) is 14.2 Å². The fourth-order valence-electron chi connectivity index (χ4n) is 3.26. The quantitative estimate of drug-likeness (QED) is 0.858. The zero-order chi connectivity index (χ0) is 18.2. The normalized spacial score (nSPS) is 16.2. The van der Waals surface area contributed by atoms with Crippen molar-refractivity contribution in [2.45, 2.75) is 38.6 Å². The SMILES string of the molecule is COC(=O)N1CCC(NC(=O)C[C@H](C)Cc2ccccc2OC)CC1. The van der Waals surface area contributed by atoms with Crippen molar-refractivity contribution in [1.29, 1.82) is 0 Å². The summed E-state index contributed by atoms with van der Waals surface area (Å²) in [7, 11) is 3.05. The topological polar surface area (TPSA) is 67.9 Å². The molecule has 1 aliphatic heterocycles.